The van der Waals surface area contributed by atoms with Crippen LogP contribution in [0.1, 0.15) is 54.1 Å². The largest absolute Gasteiger partial charge is 0.336 e. The van der Waals surface area contributed by atoms with E-state index in [1.54, 1.807) is 24.3 Å². The number of nitrogens with one attached hydrogen (secondary N) is 1. The standard InChI is InChI=1S/C23H27FN2O2/c1-16-15-19(23(28)26-14-4-3-5-17(26)2)9-12-21(16)25-22(27)13-8-18-6-10-20(24)11-7-18/h6-7,9-12,15,17H,3-5,8,13-14H2,1-2H3,(H,25,27). The number of benzene rings is 2. The molecule has 1 atom stereocenters. The van der Waals surface area contributed by atoms with E-state index in [1.807, 2.05) is 17.9 Å². The van der Waals surface area contributed by atoms with Gasteiger partial charge >= 0.3 is 0 Å². The van der Waals surface area contributed by atoms with Crippen molar-refractivity contribution in [3.05, 3.63) is 65.0 Å². The van der Waals surface area contributed by atoms with E-state index < -0.39 is 0 Å². The fourth-order valence-corrected chi connectivity index (χ4v) is 3.62. The molecule has 1 unspecified atom stereocenters. The van der Waals surface area contributed by atoms with E-state index in [1.165, 1.54) is 18.6 Å². The van der Waals surface area contributed by atoms with Gasteiger partial charge in [-0.05, 0) is 81.0 Å². The van der Waals surface area contributed by atoms with E-state index in [0.717, 1.165) is 30.5 Å². The van der Waals surface area contributed by atoms with E-state index in [4.69, 9.17) is 0 Å². The van der Waals surface area contributed by atoms with Gasteiger partial charge in [-0.2, -0.15) is 0 Å². The number of hydrogen-bond acceptors (Lipinski definition) is 2. The lowest BCUT2D eigenvalue weighted by molar-refractivity contribution is -0.116. The van der Waals surface area contributed by atoms with Crippen molar-refractivity contribution in [1.29, 1.82) is 0 Å². The Morgan fingerprint density at radius 2 is 1.89 bits per heavy atom. The van der Waals surface area contributed by atoms with E-state index >= 15 is 0 Å². The molecule has 1 N–H and O–H groups in total. The number of halogens is 1. The van der Waals surface area contributed by atoms with Crippen LogP contribution in [0.2, 0.25) is 0 Å². The third-order valence-electron chi connectivity index (χ3n) is 5.37. The molecule has 0 saturated carbocycles. The summed E-state index contributed by atoms with van der Waals surface area (Å²) >= 11 is 0. The van der Waals surface area contributed by atoms with Gasteiger partial charge in [0.25, 0.3) is 5.91 Å². The second-order valence-electron chi connectivity index (χ2n) is 7.55. The molecule has 1 aliphatic heterocycles. The van der Waals surface area contributed by atoms with Gasteiger partial charge in [-0.1, -0.05) is 12.1 Å². The van der Waals surface area contributed by atoms with Gasteiger partial charge < -0.3 is 10.2 Å². The van der Waals surface area contributed by atoms with Crippen LogP contribution in [0.15, 0.2) is 42.5 Å². The van der Waals surface area contributed by atoms with E-state index in [-0.39, 0.29) is 23.7 Å². The minimum absolute atomic E-state index is 0.0597. The molecule has 1 aliphatic rings. The summed E-state index contributed by atoms with van der Waals surface area (Å²) in [5.74, 6) is -0.321. The third-order valence-corrected chi connectivity index (χ3v) is 5.37. The molecule has 28 heavy (non-hydrogen) atoms. The molecule has 1 saturated heterocycles. The van der Waals surface area contributed by atoms with Gasteiger partial charge in [0, 0.05) is 30.3 Å². The summed E-state index contributed by atoms with van der Waals surface area (Å²) < 4.78 is 12.9. The zero-order chi connectivity index (χ0) is 20.1. The Hall–Kier alpha value is -2.69. The second kappa shape index (κ2) is 9.00. The second-order valence-corrected chi connectivity index (χ2v) is 7.55. The first-order chi connectivity index (χ1) is 13.4. The first kappa shape index (κ1) is 20.1. The molecule has 2 aromatic carbocycles. The first-order valence-corrected chi connectivity index (χ1v) is 9.90. The molecule has 0 radical (unpaired) electrons. The predicted molar refractivity (Wildman–Crippen MR) is 109 cm³/mol. The van der Waals surface area contributed by atoms with Crippen LogP contribution in [0.4, 0.5) is 10.1 Å². The predicted octanol–water partition coefficient (Wildman–Crippen LogP) is 4.72. The van der Waals surface area contributed by atoms with Crippen LogP contribution in [0.3, 0.4) is 0 Å². The number of carbonyl (C=O) groups is 2. The van der Waals surface area contributed by atoms with Gasteiger partial charge in [-0.3, -0.25) is 9.59 Å². The molecule has 2 amide bonds. The topological polar surface area (TPSA) is 49.4 Å². The lowest BCUT2D eigenvalue weighted by atomic mass is 10.0. The maximum Gasteiger partial charge on any atom is 0.254 e. The summed E-state index contributed by atoms with van der Waals surface area (Å²) in [6.07, 6.45) is 4.14. The number of rotatable bonds is 5. The Kier molecular flexibility index (Phi) is 6.45. The smallest absolute Gasteiger partial charge is 0.254 e. The summed E-state index contributed by atoms with van der Waals surface area (Å²) in [5, 5.41) is 2.91. The average Bonchev–Trinajstić information content (AvgIpc) is 2.69. The Bertz CT molecular complexity index is 848. The van der Waals surface area contributed by atoms with Crippen molar-refractivity contribution in [3.8, 4) is 0 Å². The molecule has 0 spiro atoms. The highest BCUT2D eigenvalue weighted by Gasteiger charge is 2.24. The summed E-state index contributed by atoms with van der Waals surface area (Å²) in [5.41, 5.74) is 3.17. The number of anilines is 1. The van der Waals surface area contributed by atoms with E-state index in [0.29, 0.717) is 24.1 Å². The lowest BCUT2D eigenvalue weighted by Crippen LogP contribution is -2.42. The molecular weight excluding hydrogens is 355 g/mol. The van der Waals surface area contributed by atoms with Gasteiger partial charge in [-0.25, -0.2) is 4.39 Å². The monoisotopic (exact) mass is 382 g/mol. The summed E-state index contributed by atoms with van der Waals surface area (Å²) in [6, 6.07) is 11.9. The highest BCUT2D eigenvalue weighted by atomic mass is 19.1. The van der Waals surface area contributed by atoms with Crippen LogP contribution >= 0.6 is 0 Å². The SMILES string of the molecule is Cc1cc(C(=O)N2CCCCC2C)ccc1NC(=O)CCc1ccc(F)cc1. The lowest BCUT2D eigenvalue weighted by Gasteiger charge is -2.33. The fourth-order valence-electron chi connectivity index (χ4n) is 3.62. The number of likely N-dealkylation sites (tertiary alicyclic amines) is 1. The number of piperidine rings is 1. The van der Waals surface area contributed by atoms with Crippen LogP contribution in [0.5, 0.6) is 0 Å². The summed E-state index contributed by atoms with van der Waals surface area (Å²) in [4.78, 5) is 27.0. The number of amides is 2. The first-order valence-electron chi connectivity index (χ1n) is 9.90. The Morgan fingerprint density at radius 1 is 1.14 bits per heavy atom. The van der Waals surface area contributed by atoms with Crippen molar-refractivity contribution in [2.75, 3.05) is 11.9 Å². The summed E-state index contributed by atoms with van der Waals surface area (Å²) in [7, 11) is 0. The maximum atomic E-state index is 12.9. The van der Waals surface area contributed by atoms with Gasteiger partial charge in [0.05, 0.1) is 0 Å². The van der Waals surface area contributed by atoms with Crippen molar-refractivity contribution in [1.82, 2.24) is 4.90 Å². The van der Waals surface area contributed by atoms with Gasteiger partial charge in [-0.15, -0.1) is 0 Å². The molecule has 0 aromatic heterocycles. The highest BCUT2D eigenvalue weighted by molar-refractivity contribution is 5.96. The van der Waals surface area contributed by atoms with E-state index in [9.17, 15) is 14.0 Å². The molecule has 3 rings (SSSR count). The average molecular weight is 382 g/mol. The Balaban J connectivity index is 1.59. The molecule has 0 bridgehead atoms. The van der Waals surface area contributed by atoms with Crippen molar-refractivity contribution in [2.24, 2.45) is 0 Å². The van der Waals surface area contributed by atoms with Crippen LogP contribution in [-0.4, -0.2) is 29.3 Å². The van der Waals surface area contributed by atoms with Gasteiger partial charge in [0.2, 0.25) is 5.91 Å². The zero-order valence-electron chi connectivity index (χ0n) is 16.5. The number of nitrogens with zero attached hydrogens (tertiary/aromatic N) is 1. The molecule has 2 aromatic rings. The quantitative estimate of drug-likeness (QED) is 0.813. The molecule has 0 aliphatic carbocycles. The molecule has 4 nitrogen and oxygen atoms in total. The highest BCUT2D eigenvalue weighted by Crippen LogP contribution is 2.22. The molecule has 5 heteroatoms. The summed E-state index contributed by atoms with van der Waals surface area (Å²) in [6.45, 7) is 4.80. The molecular formula is C23H27FN2O2. The minimum Gasteiger partial charge on any atom is -0.336 e. The van der Waals surface area contributed by atoms with Gasteiger partial charge in [0.1, 0.15) is 5.82 Å². The normalized spacial score (nSPS) is 16.7. The van der Waals surface area contributed by atoms with Crippen molar-refractivity contribution >= 4 is 17.5 Å². The van der Waals surface area contributed by atoms with Crippen molar-refractivity contribution in [2.45, 2.75) is 52.0 Å². The number of carbonyl (C=O) groups excluding carboxylic acids is 2. The maximum absolute atomic E-state index is 12.9. The van der Waals surface area contributed by atoms with E-state index in [2.05, 4.69) is 12.2 Å². The molecule has 1 heterocycles. The fraction of sp³-hybridized carbons (Fsp3) is 0.391. The van der Waals surface area contributed by atoms with Crippen LogP contribution in [-0.2, 0) is 11.2 Å². The molecule has 148 valence electrons. The Labute approximate surface area is 165 Å². The minimum atomic E-state index is -0.280. The number of aryl methyl sites for hydroxylation is 2. The Morgan fingerprint density at radius 3 is 2.57 bits per heavy atom. The number of hydrogen-bond donors (Lipinski definition) is 1. The van der Waals surface area contributed by atoms with Crippen molar-refractivity contribution < 1.29 is 14.0 Å². The van der Waals surface area contributed by atoms with Crippen LogP contribution in [0.25, 0.3) is 0 Å². The zero-order valence-corrected chi connectivity index (χ0v) is 16.5. The molecule has 1 fully saturated rings. The van der Waals surface area contributed by atoms with Crippen LogP contribution < -0.4 is 5.32 Å². The van der Waals surface area contributed by atoms with Crippen LogP contribution in [0, 0.1) is 12.7 Å². The van der Waals surface area contributed by atoms with Crippen molar-refractivity contribution in [3.63, 3.8) is 0 Å². The van der Waals surface area contributed by atoms with Gasteiger partial charge in [0.15, 0.2) is 0 Å². The third kappa shape index (κ3) is 4.97.